The first kappa shape index (κ1) is 20.1. The van der Waals surface area contributed by atoms with Crippen molar-refractivity contribution in [3.8, 4) is 0 Å². The molecule has 0 radical (unpaired) electrons. The molecular weight excluding hydrogens is 354 g/mol. The number of ether oxygens (including phenoxy) is 2. The van der Waals surface area contributed by atoms with Gasteiger partial charge in [0.25, 0.3) is 0 Å². The highest BCUT2D eigenvalue weighted by atomic mass is 32.2. The van der Waals surface area contributed by atoms with Gasteiger partial charge in [-0.05, 0) is 63.7 Å². The highest BCUT2D eigenvalue weighted by Gasteiger charge is 2.59. The van der Waals surface area contributed by atoms with Crippen LogP contribution in [-0.4, -0.2) is 46.0 Å². The molecule has 0 amide bonds. The molecule has 7 heteroatoms. The lowest BCUT2D eigenvalue weighted by molar-refractivity contribution is -0.165. The van der Waals surface area contributed by atoms with Gasteiger partial charge in [0.15, 0.2) is 0 Å². The van der Waals surface area contributed by atoms with Gasteiger partial charge in [-0.15, -0.1) is 0 Å². The topological polar surface area (TPSA) is 81.7 Å². The standard InChI is InChI=1S/C19H33NO5S/c1-5-19(2,3)18(21)25-16-11-12-10-14(16)17-13(12)6-7-15(17)24-9-8-20-26(4,22)23/h12-17,20H,5-11H2,1-4H3. The minimum atomic E-state index is -3.17. The Balaban J connectivity index is 1.56. The molecule has 2 bridgehead atoms. The summed E-state index contributed by atoms with van der Waals surface area (Å²) in [6, 6.07) is 0. The van der Waals surface area contributed by atoms with Crippen LogP contribution in [0.2, 0.25) is 0 Å². The van der Waals surface area contributed by atoms with Gasteiger partial charge in [-0.3, -0.25) is 4.79 Å². The van der Waals surface area contributed by atoms with Crippen molar-refractivity contribution in [1.29, 1.82) is 0 Å². The summed E-state index contributed by atoms with van der Waals surface area (Å²) in [6.45, 7) is 6.61. The van der Waals surface area contributed by atoms with Crippen LogP contribution in [0.4, 0.5) is 0 Å². The third-order valence-electron chi connectivity index (χ3n) is 6.89. The first-order chi connectivity index (χ1) is 12.1. The molecule has 3 saturated carbocycles. The Labute approximate surface area is 157 Å². The number of hydrogen-bond donors (Lipinski definition) is 1. The van der Waals surface area contributed by atoms with Gasteiger partial charge in [0.1, 0.15) is 6.10 Å². The lowest BCUT2D eigenvalue weighted by Gasteiger charge is -2.35. The highest BCUT2D eigenvalue weighted by Crippen LogP contribution is 2.60. The maximum Gasteiger partial charge on any atom is 0.311 e. The fourth-order valence-corrected chi connectivity index (χ4v) is 5.65. The van der Waals surface area contributed by atoms with Gasteiger partial charge in [-0.2, -0.15) is 0 Å². The molecule has 150 valence electrons. The molecule has 1 N–H and O–H groups in total. The van der Waals surface area contributed by atoms with Gasteiger partial charge in [0.2, 0.25) is 10.0 Å². The first-order valence-electron chi connectivity index (χ1n) is 9.89. The summed E-state index contributed by atoms with van der Waals surface area (Å²) in [5.74, 6) is 2.10. The van der Waals surface area contributed by atoms with E-state index < -0.39 is 15.4 Å². The van der Waals surface area contributed by atoms with Crippen molar-refractivity contribution in [2.45, 2.75) is 65.1 Å². The normalized spacial score (nSPS) is 36.3. The molecular formula is C19H33NO5S. The summed E-state index contributed by atoms with van der Waals surface area (Å²) < 4.78 is 36.8. The molecule has 0 saturated heterocycles. The first-order valence-corrected chi connectivity index (χ1v) is 11.8. The third kappa shape index (κ3) is 4.09. The molecule has 0 aliphatic heterocycles. The minimum Gasteiger partial charge on any atom is -0.462 e. The molecule has 0 heterocycles. The Morgan fingerprint density at radius 2 is 1.88 bits per heavy atom. The number of rotatable bonds is 8. The molecule has 3 aliphatic carbocycles. The van der Waals surface area contributed by atoms with Crippen LogP contribution in [0.15, 0.2) is 0 Å². The lowest BCUT2D eigenvalue weighted by atomic mass is 9.79. The summed E-state index contributed by atoms with van der Waals surface area (Å²) in [5.41, 5.74) is -0.426. The van der Waals surface area contributed by atoms with Gasteiger partial charge in [0, 0.05) is 12.5 Å². The molecule has 0 aromatic carbocycles. The van der Waals surface area contributed by atoms with Crippen LogP contribution in [0.3, 0.4) is 0 Å². The van der Waals surface area contributed by atoms with Crippen LogP contribution in [0, 0.1) is 29.1 Å². The van der Waals surface area contributed by atoms with E-state index in [9.17, 15) is 13.2 Å². The van der Waals surface area contributed by atoms with Crippen molar-refractivity contribution in [1.82, 2.24) is 4.72 Å². The van der Waals surface area contributed by atoms with E-state index in [4.69, 9.17) is 9.47 Å². The number of carbonyl (C=O) groups excluding carboxylic acids is 1. The second-order valence-corrected chi connectivity index (χ2v) is 10.8. The van der Waals surface area contributed by atoms with Gasteiger partial charge in [0.05, 0.1) is 24.4 Å². The Hall–Kier alpha value is -0.660. The molecule has 3 aliphatic rings. The minimum absolute atomic E-state index is 0.0259. The van der Waals surface area contributed by atoms with Crippen molar-refractivity contribution in [3.05, 3.63) is 0 Å². The zero-order chi connectivity index (χ0) is 19.1. The molecule has 0 aromatic heterocycles. The van der Waals surface area contributed by atoms with Crippen LogP contribution < -0.4 is 4.72 Å². The summed E-state index contributed by atoms with van der Waals surface area (Å²) >= 11 is 0. The van der Waals surface area contributed by atoms with E-state index in [0.29, 0.717) is 36.8 Å². The van der Waals surface area contributed by atoms with Crippen molar-refractivity contribution in [2.75, 3.05) is 19.4 Å². The maximum absolute atomic E-state index is 12.5. The monoisotopic (exact) mass is 387 g/mol. The van der Waals surface area contributed by atoms with Crippen LogP contribution in [-0.2, 0) is 24.3 Å². The Bertz CT molecular complexity index is 632. The van der Waals surface area contributed by atoms with E-state index in [2.05, 4.69) is 4.72 Å². The highest BCUT2D eigenvalue weighted by molar-refractivity contribution is 7.88. The van der Waals surface area contributed by atoms with E-state index >= 15 is 0 Å². The number of fused-ring (bicyclic) bond motifs is 5. The molecule has 6 atom stereocenters. The number of nitrogens with one attached hydrogen (secondary N) is 1. The average Bonchev–Trinajstić information content (AvgIpc) is 3.22. The van der Waals surface area contributed by atoms with Crippen LogP contribution in [0.5, 0.6) is 0 Å². The zero-order valence-corrected chi connectivity index (χ0v) is 17.2. The van der Waals surface area contributed by atoms with Crippen LogP contribution in [0.1, 0.15) is 52.9 Å². The van der Waals surface area contributed by atoms with E-state index in [1.54, 1.807) is 0 Å². The van der Waals surface area contributed by atoms with Crippen molar-refractivity contribution >= 4 is 16.0 Å². The molecule has 3 fully saturated rings. The number of esters is 1. The summed E-state index contributed by atoms with van der Waals surface area (Å²) in [4.78, 5) is 12.5. The molecule has 6 nitrogen and oxygen atoms in total. The smallest absolute Gasteiger partial charge is 0.311 e. The zero-order valence-electron chi connectivity index (χ0n) is 16.4. The van der Waals surface area contributed by atoms with Crippen LogP contribution >= 0.6 is 0 Å². The SMILES string of the molecule is CCC(C)(C)C(=O)OC1CC2CC1C1C(OCCNS(C)(=O)=O)CCC21. The summed E-state index contributed by atoms with van der Waals surface area (Å²) in [6.07, 6.45) is 6.47. The fraction of sp³-hybridized carbons (Fsp3) is 0.947. The van der Waals surface area contributed by atoms with E-state index in [1.807, 2.05) is 20.8 Å². The van der Waals surface area contributed by atoms with Gasteiger partial charge in [-0.1, -0.05) is 6.92 Å². The van der Waals surface area contributed by atoms with Gasteiger partial charge in [-0.25, -0.2) is 13.1 Å². The van der Waals surface area contributed by atoms with Crippen molar-refractivity contribution in [3.63, 3.8) is 0 Å². The quantitative estimate of drug-likeness (QED) is 0.511. The van der Waals surface area contributed by atoms with E-state index in [-0.39, 0.29) is 18.2 Å². The number of carbonyl (C=O) groups is 1. The second-order valence-electron chi connectivity index (χ2n) is 8.97. The number of hydrogen-bond acceptors (Lipinski definition) is 5. The van der Waals surface area contributed by atoms with Crippen molar-refractivity contribution < 1.29 is 22.7 Å². The maximum atomic E-state index is 12.5. The molecule has 26 heavy (non-hydrogen) atoms. The van der Waals surface area contributed by atoms with Gasteiger partial charge < -0.3 is 9.47 Å². The largest absolute Gasteiger partial charge is 0.462 e. The molecule has 3 rings (SSSR count). The van der Waals surface area contributed by atoms with Crippen molar-refractivity contribution in [2.24, 2.45) is 29.1 Å². The number of sulfonamides is 1. The Morgan fingerprint density at radius 3 is 2.54 bits per heavy atom. The summed E-state index contributed by atoms with van der Waals surface area (Å²) in [5, 5.41) is 0. The van der Waals surface area contributed by atoms with Crippen LogP contribution in [0.25, 0.3) is 0 Å². The second kappa shape index (κ2) is 7.40. The third-order valence-corrected chi connectivity index (χ3v) is 7.62. The average molecular weight is 388 g/mol. The molecule has 6 unspecified atom stereocenters. The predicted octanol–water partition coefficient (Wildman–Crippen LogP) is 2.33. The molecule has 0 aromatic rings. The van der Waals surface area contributed by atoms with E-state index in [0.717, 1.165) is 31.9 Å². The Morgan fingerprint density at radius 1 is 1.15 bits per heavy atom. The fourth-order valence-electron chi connectivity index (χ4n) is 5.19. The Kier molecular flexibility index (Phi) is 5.71. The molecule has 0 spiro atoms. The summed E-state index contributed by atoms with van der Waals surface area (Å²) in [7, 11) is -3.17. The van der Waals surface area contributed by atoms with E-state index in [1.165, 1.54) is 6.42 Å². The predicted molar refractivity (Wildman–Crippen MR) is 99.0 cm³/mol. The van der Waals surface area contributed by atoms with Gasteiger partial charge >= 0.3 is 5.97 Å². The lowest BCUT2D eigenvalue weighted by Crippen LogP contribution is -2.40.